The lowest BCUT2D eigenvalue weighted by molar-refractivity contribution is 0.650. The molecule has 8 heteroatoms. The number of aromatic nitrogens is 3. The van der Waals surface area contributed by atoms with Crippen LogP contribution in [0.15, 0.2) is 84.0 Å². The summed E-state index contributed by atoms with van der Waals surface area (Å²) in [5.41, 5.74) is 3.67. The topological polar surface area (TPSA) is 42.7 Å². The molecule has 1 aromatic heterocycles. The van der Waals surface area contributed by atoms with Gasteiger partial charge in [-0.15, -0.1) is 5.10 Å². The second-order valence-electron chi connectivity index (χ2n) is 7.92. The van der Waals surface area contributed by atoms with E-state index in [2.05, 4.69) is 18.3 Å². The summed E-state index contributed by atoms with van der Waals surface area (Å²) < 4.78 is 1.85. The van der Waals surface area contributed by atoms with Crippen molar-refractivity contribution in [3.05, 3.63) is 111 Å². The third kappa shape index (κ3) is 4.78. The van der Waals surface area contributed by atoms with Crippen LogP contribution in [0.5, 0.6) is 0 Å². The van der Waals surface area contributed by atoms with E-state index in [1.807, 2.05) is 77.5 Å². The lowest BCUT2D eigenvalue weighted by atomic mass is 9.89. The van der Waals surface area contributed by atoms with Crippen molar-refractivity contribution in [2.75, 3.05) is 5.32 Å². The first-order valence-corrected chi connectivity index (χ1v) is 12.4. The molecule has 1 aliphatic rings. The monoisotopic (exact) mass is 512 g/mol. The predicted molar refractivity (Wildman–Crippen MR) is 138 cm³/mol. The van der Waals surface area contributed by atoms with Crippen LogP contribution >= 0.6 is 46.6 Å². The Bertz CT molecular complexity index is 1320. The Morgan fingerprint density at radius 2 is 1.42 bits per heavy atom. The zero-order chi connectivity index (χ0) is 23.0. The fraction of sp³-hybridized carbons (Fsp3) is 0.120. The molecule has 0 amide bonds. The minimum Gasteiger partial charge on any atom is -0.341 e. The largest absolute Gasteiger partial charge is 0.341 e. The molecule has 2 heterocycles. The number of halogens is 3. The number of hydrogen-bond acceptors (Lipinski definition) is 4. The number of nitrogens with one attached hydrogen (secondary N) is 1. The second kappa shape index (κ2) is 9.07. The molecule has 0 unspecified atom stereocenters. The summed E-state index contributed by atoms with van der Waals surface area (Å²) in [6.45, 7) is 2.12. The van der Waals surface area contributed by atoms with Crippen LogP contribution in [-0.4, -0.2) is 14.8 Å². The van der Waals surface area contributed by atoms with E-state index in [-0.39, 0.29) is 0 Å². The van der Waals surface area contributed by atoms with Crippen molar-refractivity contribution in [2.45, 2.75) is 23.4 Å². The molecule has 1 atom stereocenters. The van der Waals surface area contributed by atoms with Crippen LogP contribution in [0, 0.1) is 0 Å². The number of nitrogens with zero attached hydrogens (tertiary/aromatic N) is 3. The van der Waals surface area contributed by atoms with Crippen LogP contribution in [0.3, 0.4) is 0 Å². The maximum atomic E-state index is 6.14. The first-order valence-electron chi connectivity index (χ1n) is 10.3. The summed E-state index contributed by atoms with van der Waals surface area (Å²) in [5.74, 6) is 1.42. The van der Waals surface area contributed by atoms with Crippen molar-refractivity contribution >= 4 is 58.2 Å². The Morgan fingerprint density at radius 1 is 0.848 bits per heavy atom. The van der Waals surface area contributed by atoms with Crippen molar-refractivity contribution < 1.29 is 0 Å². The van der Waals surface area contributed by atoms with Gasteiger partial charge in [-0.2, -0.15) is 9.67 Å². The van der Waals surface area contributed by atoms with E-state index in [0.717, 1.165) is 33.2 Å². The summed E-state index contributed by atoms with van der Waals surface area (Å²) in [7, 11) is 0. The zero-order valence-electron chi connectivity index (χ0n) is 17.6. The molecule has 166 valence electrons. The average Bonchev–Trinajstić information content (AvgIpc) is 3.21. The number of rotatable bonds is 5. The van der Waals surface area contributed by atoms with Gasteiger partial charge in [0, 0.05) is 26.4 Å². The highest BCUT2D eigenvalue weighted by atomic mass is 35.5. The van der Waals surface area contributed by atoms with Gasteiger partial charge in [-0.3, -0.25) is 0 Å². The molecule has 1 aliphatic heterocycles. The lowest BCUT2D eigenvalue weighted by Gasteiger charge is -2.33. The van der Waals surface area contributed by atoms with E-state index in [4.69, 9.17) is 44.9 Å². The smallest absolute Gasteiger partial charge is 0.228 e. The van der Waals surface area contributed by atoms with Crippen LogP contribution in [0.25, 0.3) is 5.70 Å². The van der Waals surface area contributed by atoms with E-state index < -0.39 is 5.54 Å². The number of thioether (sulfide) groups is 1. The van der Waals surface area contributed by atoms with Crippen molar-refractivity contribution in [1.29, 1.82) is 0 Å². The first kappa shape index (κ1) is 22.4. The zero-order valence-corrected chi connectivity index (χ0v) is 20.7. The van der Waals surface area contributed by atoms with Crippen LogP contribution < -0.4 is 5.32 Å². The first-order chi connectivity index (χ1) is 15.9. The van der Waals surface area contributed by atoms with Crippen molar-refractivity contribution in [3.63, 3.8) is 0 Å². The van der Waals surface area contributed by atoms with Crippen LogP contribution in [0.4, 0.5) is 5.95 Å². The number of hydrogen-bond donors (Lipinski definition) is 1. The van der Waals surface area contributed by atoms with Gasteiger partial charge >= 0.3 is 0 Å². The minimum atomic E-state index is -0.499. The third-order valence-electron chi connectivity index (χ3n) is 5.48. The molecule has 5 rings (SSSR count). The standard InChI is InChI=1S/C25H19Cl3N4S/c1-25(18-6-12-21(28)13-7-18)14-22(17-4-10-20(27)11-5-17)32-23(30-25)29-24(31-32)33-15-16-2-8-19(26)9-3-16/h2-14H,15H2,1H3,(H,29,30,31)/t25-/m0/s1. The molecule has 4 nitrogen and oxygen atoms in total. The van der Waals surface area contributed by atoms with E-state index in [9.17, 15) is 0 Å². The normalized spacial score (nSPS) is 17.3. The van der Waals surface area contributed by atoms with E-state index in [1.54, 1.807) is 11.8 Å². The highest BCUT2D eigenvalue weighted by Crippen LogP contribution is 2.38. The quantitative estimate of drug-likeness (QED) is 0.277. The van der Waals surface area contributed by atoms with Gasteiger partial charge in [0.15, 0.2) is 0 Å². The summed E-state index contributed by atoms with van der Waals surface area (Å²) >= 11 is 19.9. The third-order valence-corrected chi connectivity index (χ3v) is 7.14. The predicted octanol–water partition coefficient (Wildman–Crippen LogP) is 7.76. The molecule has 0 saturated carbocycles. The Balaban J connectivity index is 1.52. The van der Waals surface area contributed by atoms with E-state index >= 15 is 0 Å². The van der Waals surface area contributed by atoms with Gasteiger partial charge in [0.25, 0.3) is 0 Å². The van der Waals surface area contributed by atoms with Gasteiger partial charge in [-0.25, -0.2) is 0 Å². The van der Waals surface area contributed by atoms with Crippen molar-refractivity contribution in [2.24, 2.45) is 0 Å². The Morgan fingerprint density at radius 3 is 2.06 bits per heavy atom. The van der Waals surface area contributed by atoms with Gasteiger partial charge in [0.1, 0.15) is 0 Å². The maximum Gasteiger partial charge on any atom is 0.228 e. The van der Waals surface area contributed by atoms with Gasteiger partial charge in [0.2, 0.25) is 11.1 Å². The summed E-state index contributed by atoms with van der Waals surface area (Å²) in [5, 5.41) is 11.2. The van der Waals surface area contributed by atoms with Crippen LogP contribution in [0.1, 0.15) is 23.6 Å². The lowest BCUT2D eigenvalue weighted by Crippen LogP contribution is -2.35. The molecule has 0 spiro atoms. The van der Waals surface area contributed by atoms with E-state index in [0.29, 0.717) is 21.2 Å². The summed E-state index contributed by atoms with van der Waals surface area (Å²) in [4.78, 5) is 4.80. The Labute approximate surface area is 211 Å². The van der Waals surface area contributed by atoms with Gasteiger partial charge in [-0.05, 0) is 60.5 Å². The Hall–Kier alpha value is -2.44. The summed E-state index contributed by atoms with van der Waals surface area (Å²) in [6.07, 6.45) is 2.16. The second-order valence-corrected chi connectivity index (χ2v) is 10.2. The molecule has 0 aliphatic carbocycles. The molecule has 0 bridgehead atoms. The van der Waals surface area contributed by atoms with Crippen LogP contribution in [0.2, 0.25) is 15.1 Å². The fourth-order valence-electron chi connectivity index (χ4n) is 3.71. The molecule has 3 aromatic carbocycles. The average molecular weight is 514 g/mol. The maximum absolute atomic E-state index is 6.14. The Kier molecular flexibility index (Phi) is 6.14. The van der Waals surface area contributed by atoms with Gasteiger partial charge in [0.05, 0.1) is 11.2 Å². The number of anilines is 1. The molecule has 33 heavy (non-hydrogen) atoms. The minimum absolute atomic E-state index is 0.499. The highest BCUT2D eigenvalue weighted by molar-refractivity contribution is 7.98. The molecule has 0 saturated heterocycles. The van der Waals surface area contributed by atoms with Gasteiger partial charge in [-0.1, -0.05) is 83.0 Å². The van der Waals surface area contributed by atoms with Crippen molar-refractivity contribution in [3.8, 4) is 0 Å². The molecular formula is C25H19Cl3N4S. The highest BCUT2D eigenvalue weighted by Gasteiger charge is 2.33. The molecule has 0 radical (unpaired) electrons. The molecule has 4 aromatic rings. The SMILES string of the molecule is C[C@@]1(c2ccc(Cl)cc2)C=C(c2ccc(Cl)cc2)n2nc(SCc3ccc(Cl)cc3)nc2N1. The van der Waals surface area contributed by atoms with Gasteiger partial charge < -0.3 is 5.32 Å². The molecular weight excluding hydrogens is 495 g/mol. The number of benzene rings is 3. The van der Waals surface area contributed by atoms with Crippen LogP contribution in [-0.2, 0) is 11.3 Å². The molecule has 0 fully saturated rings. The molecule has 1 N–H and O–H groups in total. The fourth-order valence-corrected chi connectivity index (χ4v) is 4.87. The number of fused-ring (bicyclic) bond motifs is 1. The summed E-state index contributed by atoms with van der Waals surface area (Å²) in [6, 6.07) is 23.4. The van der Waals surface area contributed by atoms with Crippen molar-refractivity contribution in [1.82, 2.24) is 14.8 Å². The van der Waals surface area contributed by atoms with E-state index in [1.165, 1.54) is 0 Å².